The summed E-state index contributed by atoms with van der Waals surface area (Å²) in [6, 6.07) is 3.69. The van der Waals surface area contributed by atoms with Gasteiger partial charge in [-0.3, -0.25) is 0 Å². The molecule has 1 aliphatic rings. The Labute approximate surface area is 107 Å². The maximum atomic E-state index is 10.9. The normalized spacial score (nSPS) is 15.4. The van der Waals surface area contributed by atoms with E-state index in [2.05, 4.69) is 22.6 Å². The molecule has 0 aromatic heterocycles. The third-order valence-corrected chi connectivity index (χ3v) is 3.71. The van der Waals surface area contributed by atoms with Crippen molar-refractivity contribution in [3.63, 3.8) is 0 Å². The van der Waals surface area contributed by atoms with Crippen LogP contribution < -0.4 is 0 Å². The second kappa shape index (κ2) is 4.48. The van der Waals surface area contributed by atoms with E-state index in [1.807, 2.05) is 6.07 Å². The van der Waals surface area contributed by atoms with Gasteiger partial charge in [-0.05, 0) is 58.7 Å². The summed E-state index contributed by atoms with van der Waals surface area (Å²) in [5, 5.41) is 18.5. The molecule has 5 heteroatoms. The van der Waals surface area contributed by atoms with E-state index >= 15 is 0 Å². The fraction of sp³-hybridized carbons (Fsp3) is 0.364. The molecule has 0 bridgehead atoms. The minimum Gasteiger partial charge on any atom is -0.507 e. The zero-order chi connectivity index (χ0) is 11.7. The molecule has 16 heavy (non-hydrogen) atoms. The third-order valence-electron chi connectivity index (χ3n) is 2.84. The van der Waals surface area contributed by atoms with E-state index in [9.17, 15) is 9.90 Å². The summed E-state index contributed by atoms with van der Waals surface area (Å²) in [6.45, 7) is 1.03. The molecule has 2 rings (SSSR count). The Morgan fingerprint density at radius 3 is 2.38 bits per heavy atom. The van der Waals surface area contributed by atoms with Crippen molar-refractivity contribution < 1.29 is 15.0 Å². The van der Waals surface area contributed by atoms with Crippen molar-refractivity contribution >= 4 is 28.7 Å². The Balaban J connectivity index is 2.27. The molecule has 0 spiro atoms. The molecule has 0 aliphatic carbocycles. The number of aromatic hydroxyl groups is 1. The standard InChI is InChI=1S/C11H12INO3/c12-9-5-7-1-3-13(11(15)16)4-2-8(7)6-10(9)14/h5-6,14H,1-4H2,(H,15,16). The van der Waals surface area contributed by atoms with Crippen molar-refractivity contribution in [1.82, 2.24) is 4.90 Å². The fourth-order valence-corrected chi connectivity index (χ4v) is 2.46. The van der Waals surface area contributed by atoms with Gasteiger partial charge in [0.2, 0.25) is 0 Å². The second-order valence-corrected chi connectivity index (χ2v) is 5.00. The van der Waals surface area contributed by atoms with Crippen LogP contribution in [0.2, 0.25) is 0 Å². The predicted octanol–water partition coefficient (Wildman–Crippen LogP) is 2.08. The van der Waals surface area contributed by atoms with Crippen LogP contribution in [-0.4, -0.2) is 34.3 Å². The molecule has 1 aliphatic heterocycles. The van der Waals surface area contributed by atoms with E-state index < -0.39 is 6.09 Å². The van der Waals surface area contributed by atoms with Crippen LogP contribution in [0.1, 0.15) is 11.1 Å². The van der Waals surface area contributed by atoms with Crippen LogP contribution in [0.4, 0.5) is 4.79 Å². The van der Waals surface area contributed by atoms with E-state index in [1.165, 1.54) is 4.90 Å². The first-order chi connectivity index (χ1) is 7.58. The lowest BCUT2D eigenvalue weighted by Crippen LogP contribution is -2.31. The number of halogens is 1. The lowest BCUT2D eigenvalue weighted by Gasteiger charge is -2.14. The summed E-state index contributed by atoms with van der Waals surface area (Å²) < 4.78 is 0.820. The third kappa shape index (κ3) is 2.23. The highest BCUT2D eigenvalue weighted by molar-refractivity contribution is 14.1. The van der Waals surface area contributed by atoms with Crippen molar-refractivity contribution in [2.45, 2.75) is 12.8 Å². The molecule has 0 atom stereocenters. The minimum atomic E-state index is -0.869. The molecule has 0 saturated carbocycles. The van der Waals surface area contributed by atoms with Gasteiger partial charge in [-0.25, -0.2) is 4.79 Å². The molecule has 2 N–H and O–H groups in total. The number of hydrogen-bond acceptors (Lipinski definition) is 2. The first kappa shape index (κ1) is 11.5. The van der Waals surface area contributed by atoms with Gasteiger partial charge in [0, 0.05) is 13.1 Å². The van der Waals surface area contributed by atoms with Gasteiger partial charge in [0.15, 0.2) is 0 Å². The predicted molar refractivity (Wildman–Crippen MR) is 67.8 cm³/mol. The summed E-state index contributed by atoms with van der Waals surface area (Å²) in [5.41, 5.74) is 2.20. The maximum absolute atomic E-state index is 10.9. The first-order valence-corrected chi connectivity index (χ1v) is 6.14. The number of fused-ring (bicyclic) bond motifs is 1. The minimum absolute atomic E-state index is 0.281. The number of carboxylic acid groups (broad SMARTS) is 1. The highest BCUT2D eigenvalue weighted by Crippen LogP contribution is 2.26. The lowest BCUT2D eigenvalue weighted by molar-refractivity contribution is 0.147. The number of nitrogens with zero attached hydrogens (tertiary/aromatic N) is 1. The van der Waals surface area contributed by atoms with E-state index in [0.717, 1.165) is 21.1 Å². The average molecular weight is 333 g/mol. The Bertz CT molecular complexity index is 400. The lowest BCUT2D eigenvalue weighted by atomic mass is 10.0. The Morgan fingerprint density at radius 2 is 1.81 bits per heavy atom. The molecule has 4 nitrogen and oxygen atoms in total. The summed E-state index contributed by atoms with van der Waals surface area (Å²) in [7, 11) is 0. The molecule has 1 amide bonds. The Morgan fingerprint density at radius 1 is 1.25 bits per heavy atom. The van der Waals surface area contributed by atoms with Crippen molar-refractivity contribution in [3.8, 4) is 5.75 Å². The van der Waals surface area contributed by atoms with Crippen LogP contribution in [0.5, 0.6) is 5.75 Å². The smallest absolute Gasteiger partial charge is 0.407 e. The van der Waals surface area contributed by atoms with Crippen molar-refractivity contribution in [2.75, 3.05) is 13.1 Å². The second-order valence-electron chi connectivity index (χ2n) is 3.84. The van der Waals surface area contributed by atoms with E-state index in [1.54, 1.807) is 6.07 Å². The number of hydrogen-bond donors (Lipinski definition) is 2. The maximum Gasteiger partial charge on any atom is 0.407 e. The highest BCUT2D eigenvalue weighted by Gasteiger charge is 2.18. The number of carbonyl (C=O) groups is 1. The SMILES string of the molecule is O=C(O)N1CCc2cc(O)c(I)cc2CC1. The number of rotatable bonds is 0. The molecular weight excluding hydrogens is 321 g/mol. The summed E-state index contributed by atoms with van der Waals surface area (Å²) >= 11 is 2.08. The van der Waals surface area contributed by atoms with E-state index in [0.29, 0.717) is 19.5 Å². The number of phenols is 1. The monoisotopic (exact) mass is 333 g/mol. The molecule has 0 fully saturated rings. The van der Waals surface area contributed by atoms with Crippen LogP contribution in [0.25, 0.3) is 0 Å². The van der Waals surface area contributed by atoms with Gasteiger partial charge in [-0.15, -0.1) is 0 Å². The Hall–Kier alpha value is -0.980. The summed E-state index contributed by atoms with van der Waals surface area (Å²) in [5.74, 6) is 0.281. The largest absolute Gasteiger partial charge is 0.507 e. The zero-order valence-corrected chi connectivity index (χ0v) is 10.8. The van der Waals surface area contributed by atoms with Crippen LogP contribution >= 0.6 is 22.6 Å². The van der Waals surface area contributed by atoms with Crippen LogP contribution in [0, 0.1) is 3.57 Å². The molecule has 86 valence electrons. The topological polar surface area (TPSA) is 60.8 Å². The molecule has 1 aromatic carbocycles. The van der Waals surface area contributed by atoms with Gasteiger partial charge >= 0.3 is 6.09 Å². The van der Waals surface area contributed by atoms with Gasteiger partial charge in [-0.1, -0.05) is 0 Å². The average Bonchev–Trinajstić information content (AvgIpc) is 2.41. The van der Waals surface area contributed by atoms with Gasteiger partial charge < -0.3 is 15.1 Å². The van der Waals surface area contributed by atoms with Gasteiger partial charge in [-0.2, -0.15) is 0 Å². The zero-order valence-electron chi connectivity index (χ0n) is 8.61. The summed E-state index contributed by atoms with van der Waals surface area (Å²) in [4.78, 5) is 12.3. The first-order valence-electron chi connectivity index (χ1n) is 5.06. The van der Waals surface area contributed by atoms with Crippen LogP contribution in [0.15, 0.2) is 12.1 Å². The van der Waals surface area contributed by atoms with Crippen LogP contribution in [-0.2, 0) is 12.8 Å². The molecule has 0 radical (unpaired) electrons. The van der Waals surface area contributed by atoms with Crippen molar-refractivity contribution in [1.29, 1.82) is 0 Å². The highest BCUT2D eigenvalue weighted by atomic mass is 127. The van der Waals surface area contributed by atoms with Gasteiger partial charge in [0.25, 0.3) is 0 Å². The number of amides is 1. The van der Waals surface area contributed by atoms with E-state index in [4.69, 9.17) is 5.11 Å². The van der Waals surface area contributed by atoms with E-state index in [-0.39, 0.29) is 5.75 Å². The molecule has 1 aromatic rings. The summed E-state index contributed by atoms with van der Waals surface area (Å²) in [6.07, 6.45) is 0.524. The van der Waals surface area contributed by atoms with Crippen LogP contribution in [0.3, 0.4) is 0 Å². The number of phenolic OH excluding ortho intramolecular Hbond substituents is 1. The Kier molecular flexibility index (Phi) is 3.22. The quantitative estimate of drug-likeness (QED) is 0.715. The molecular formula is C11H12INO3. The molecule has 0 unspecified atom stereocenters. The van der Waals surface area contributed by atoms with Crippen molar-refractivity contribution in [3.05, 3.63) is 26.8 Å². The van der Waals surface area contributed by atoms with Gasteiger partial charge in [0.05, 0.1) is 3.57 Å². The van der Waals surface area contributed by atoms with Crippen molar-refractivity contribution in [2.24, 2.45) is 0 Å². The van der Waals surface area contributed by atoms with Gasteiger partial charge in [0.1, 0.15) is 5.75 Å². The molecule has 1 heterocycles. The fourth-order valence-electron chi connectivity index (χ4n) is 1.93. The number of benzene rings is 1. The molecule has 0 saturated heterocycles.